The molecule has 36 heavy (non-hydrogen) atoms. The fourth-order valence-electron chi connectivity index (χ4n) is 3.80. The maximum absolute atomic E-state index is 14.7. The number of unbranched alkanes of at least 4 members (excludes halogenated alkanes) is 1. The Kier molecular flexibility index (Phi) is 12.4. The highest BCUT2D eigenvalue weighted by atomic mass is 79.9. The normalized spacial score (nSPS) is 12.3. The van der Waals surface area contributed by atoms with Crippen molar-refractivity contribution in [1.82, 2.24) is 10.6 Å². The number of ether oxygens (including phenoxy) is 1. The Morgan fingerprint density at radius 2 is 1.94 bits per heavy atom. The van der Waals surface area contributed by atoms with E-state index in [4.69, 9.17) is 16.2 Å². The molecule has 196 valence electrons. The molecule has 0 fully saturated rings. The fourth-order valence-corrected chi connectivity index (χ4v) is 4.21. The molecule has 0 spiro atoms. The molecule has 0 bridgehead atoms. The fraction of sp³-hybridized carbons (Fsp3) is 0.423. The molecule has 0 aliphatic rings. The van der Waals surface area contributed by atoms with E-state index in [1.807, 2.05) is 25.1 Å². The van der Waals surface area contributed by atoms with Crippen LogP contribution in [0.25, 0.3) is 0 Å². The van der Waals surface area contributed by atoms with Crippen molar-refractivity contribution in [2.45, 2.75) is 51.5 Å². The van der Waals surface area contributed by atoms with Crippen LogP contribution in [0.5, 0.6) is 5.75 Å². The quantitative estimate of drug-likeness (QED) is 0.159. The van der Waals surface area contributed by atoms with E-state index < -0.39 is 11.7 Å². The molecule has 0 saturated heterocycles. The molecule has 10 heteroatoms. The van der Waals surface area contributed by atoms with Gasteiger partial charge in [0.25, 0.3) is 5.91 Å². The van der Waals surface area contributed by atoms with Gasteiger partial charge in [-0.3, -0.25) is 19.9 Å². The molecular weight excluding hydrogens is 529 g/mol. The van der Waals surface area contributed by atoms with Gasteiger partial charge in [-0.1, -0.05) is 35.3 Å². The number of aryl methyl sites for hydroxylation is 1. The lowest BCUT2D eigenvalue weighted by molar-refractivity contribution is -0.120. The van der Waals surface area contributed by atoms with Crippen LogP contribution in [-0.4, -0.2) is 44.0 Å². The smallest absolute Gasteiger partial charge is 0.258 e. The van der Waals surface area contributed by atoms with Crippen LogP contribution in [0, 0.1) is 5.82 Å². The van der Waals surface area contributed by atoms with Gasteiger partial charge in [-0.2, -0.15) is 0 Å². The molecule has 0 aliphatic heterocycles. The topological polar surface area (TPSA) is 132 Å². The number of methoxy groups -OCH3 is 1. The third kappa shape index (κ3) is 9.23. The number of halogens is 2. The highest BCUT2D eigenvalue weighted by molar-refractivity contribution is 9.10. The van der Waals surface area contributed by atoms with Crippen LogP contribution in [0.4, 0.5) is 4.39 Å². The first-order valence-corrected chi connectivity index (χ1v) is 12.8. The van der Waals surface area contributed by atoms with Crippen LogP contribution < -0.4 is 26.8 Å². The molecule has 0 aromatic heterocycles. The molecule has 0 aliphatic carbocycles. The summed E-state index contributed by atoms with van der Waals surface area (Å²) in [5.41, 5.74) is 12.7. The van der Waals surface area contributed by atoms with E-state index in [1.165, 1.54) is 12.1 Å². The Balaban J connectivity index is 1.92. The highest BCUT2D eigenvalue weighted by Crippen LogP contribution is 2.25. The van der Waals surface area contributed by atoms with Gasteiger partial charge in [-0.15, -0.1) is 0 Å². The minimum atomic E-state index is -0.516. The number of hydrogen-bond acceptors (Lipinski definition) is 5. The average molecular weight is 565 g/mol. The van der Waals surface area contributed by atoms with Crippen molar-refractivity contribution in [3.05, 3.63) is 63.4 Å². The van der Waals surface area contributed by atoms with Crippen molar-refractivity contribution < 1.29 is 18.7 Å². The van der Waals surface area contributed by atoms with E-state index in [2.05, 4.69) is 31.6 Å². The Labute approximate surface area is 220 Å². The van der Waals surface area contributed by atoms with Crippen molar-refractivity contribution >= 4 is 33.7 Å². The number of nitrogens with two attached hydrogens (primary N) is 2. The zero-order valence-electron chi connectivity index (χ0n) is 20.8. The van der Waals surface area contributed by atoms with Gasteiger partial charge in [0.05, 0.1) is 13.2 Å². The van der Waals surface area contributed by atoms with E-state index in [1.54, 1.807) is 13.2 Å². The molecule has 1 atom stereocenters. The minimum Gasteiger partial charge on any atom is -0.496 e. The second kappa shape index (κ2) is 15.2. The lowest BCUT2D eigenvalue weighted by Gasteiger charge is -2.14. The summed E-state index contributed by atoms with van der Waals surface area (Å²) in [5.74, 6) is -0.663. The second-order valence-corrected chi connectivity index (χ2v) is 9.26. The Hall–Kier alpha value is -2.98. The number of nitrogens with zero attached hydrogens (tertiary/aromatic N) is 1. The van der Waals surface area contributed by atoms with E-state index in [-0.39, 0.29) is 23.5 Å². The molecule has 2 rings (SSSR count). The van der Waals surface area contributed by atoms with Crippen LogP contribution in [0.3, 0.4) is 0 Å². The SMILES string of the molecule is CCCC(NCCCCN=C(N)NC(=O)c1cccc(F)c1CCc1cc(Br)ccc1OC)C(N)=O. The molecular formula is C26H35BrFN5O3. The Morgan fingerprint density at radius 3 is 2.64 bits per heavy atom. The van der Waals surface area contributed by atoms with Crippen molar-refractivity contribution in [3.8, 4) is 5.75 Å². The summed E-state index contributed by atoms with van der Waals surface area (Å²) in [5, 5.41) is 5.69. The summed E-state index contributed by atoms with van der Waals surface area (Å²) in [4.78, 5) is 28.4. The molecule has 0 radical (unpaired) electrons. The number of guanidine groups is 1. The van der Waals surface area contributed by atoms with Crippen LogP contribution in [0.15, 0.2) is 45.9 Å². The van der Waals surface area contributed by atoms with E-state index in [0.717, 1.165) is 22.9 Å². The number of primary amides is 1. The summed E-state index contributed by atoms with van der Waals surface area (Å²) in [7, 11) is 1.58. The van der Waals surface area contributed by atoms with Gasteiger partial charge in [-0.05, 0) is 74.5 Å². The molecule has 1 unspecified atom stereocenters. The van der Waals surface area contributed by atoms with Crippen LogP contribution in [0.1, 0.15) is 54.1 Å². The van der Waals surface area contributed by atoms with Crippen LogP contribution in [0.2, 0.25) is 0 Å². The largest absolute Gasteiger partial charge is 0.496 e. The summed E-state index contributed by atoms with van der Waals surface area (Å²) in [6.07, 6.45) is 3.83. The van der Waals surface area contributed by atoms with Gasteiger partial charge in [0.2, 0.25) is 5.91 Å². The molecule has 0 saturated carbocycles. The monoisotopic (exact) mass is 563 g/mol. The number of aliphatic imine (C=N–C) groups is 1. The molecule has 6 N–H and O–H groups in total. The standard InChI is InChI=1S/C26H35BrFN5O3/c1-3-7-22(24(29)34)31-14-4-5-15-32-26(30)33-25(35)20-8-6-9-21(28)19(20)12-10-17-16-18(27)11-13-23(17)36-2/h6,8-9,11,13,16,22,31H,3-5,7,10,12,14-15H2,1-2H3,(H2,29,34)(H3,30,32,33,35). The van der Waals surface area contributed by atoms with Crippen molar-refractivity contribution in [2.24, 2.45) is 16.5 Å². The first-order valence-electron chi connectivity index (χ1n) is 12.0. The Bertz CT molecular complexity index is 1060. The lowest BCUT2D eigenvalue weighted by Crippen LogP contribution is -2.41. The summed E-state index contributed by atoms with van der Waals surface area (Å²) >= 11 is 3.44. The third-order valence-electron chi connectivity index (χ3n) is 5.67. The molecule has 0 heterocycles. The molecule has 8 nitrogen and oxygen atoms in total. The number of nitrogens with one attached hydrogen (secondary N) is 2. The molecule has 2 aromatic carbocycles. The van der Waals surface area contributed by atoms with Gasteiger partial charge in [-0.25, -0.2) is 4.39 Å². The van der Waals surface area contributed by atoms with Gasteiger partial charge >= 0.3 is 0 Å². The highest BCUT2D eigenvalue weighted by Gasteiger charge is 2.17. The van der Waals surface area contributed by atoms with Gasteiger partial charge < -0.3 is 21.5 Å². The Morgan fingerprint density at radius 1 is 1.17 bits per heavy atom. The summed E-state index contributed by atoms with van der Waals surface area (Å²) < 4.78 is 21.0. The summed E-state index contributed by atoms with van der Waals surface area (Å²) in [6, 6.07) is 9.68. The predicted molar refractivity (Wildman–Crippen MR) is 144 cm³/mol. The first kappa shape index (κ1) is 29.3. The number of carbonyl (C=O) groups is 2. The zero-order valence-corrected chi connectivity index (χ0v) is 22.4. The number of hydrogen-bond donors (Lipinski definition) is 4. The maximum atomic E-state index is 14.7. The zero-order chi connectivity index (χ0) is 26.5. The van der Waals surface area contributed by atoms with Gasteiger partial charge in [0.1, 0.15) is 11.6 Å². The predicted octanol–water partition coefficient (Wildman–Crippen LogP) is 3.45. The van der Waals surface area contributed by atoms with E-state index >= 15 is 0 Å². The van der Waals surface area contributed by atoms with E-state index in [0.29, 0.717) is 50.1 Å². The average Bonchev–Trinajstić information content (AvgIpc) is 2.84. The van der Waals surface area contributed by atoms with Gasteiger partial charge in [0, 0.05) is 22.1 Å². The second-order valence-electron chi connectivity index (χ2n) is 8.35. The van der Waals surface area contributed by atoms with E-state index in [9.17, 15) is 14.0 Å². The molecule has 2 aromatic rings. The first-order chi connectivity index (χ1) is 17.3. The maximum Gasteiger partial charge on any atom is 0.258 e. The van der Waals surface area contributed by atoms with Crippen molar-refractivity contribution in [2.75, 3.05) is 20.2 Å². The van der Waals surface area contributed by atoms with Crippen LogP contribution >= 0.6 is 15.9 Å². The minimum absolute atomic E-state index is 0.0298. The van der Waals surface area contributed by atoms with Gasteiger partial charge in [0.15, 0.2) is 5.96 Å². The lowest BCUT2D eigenvalue weighted by atomic mass is 9.98. The summed E-state index contributed by atoms with van der Waals surface area (Å²) in [6.45, 7) is 3.03. The number of rotatable bonds is 14. The molecule has 2 amide bonds. The number of amides is 2. The van der Waals surface area contributed by atoms with Crippen molar-refractivity contribution in [1.29, 1.82) is 0 Å². The number of carbonyl (C=O) groups excluding carboxylic acids is 2. The third-order valence-corrected chi connectivity index (χ3v) is 6.16. The van der Waals surface area contributed by atoms with Crippen LogP contribution in [-0.2, 0) is 17.6 Å². The van der Waals surface area contributed by atoms with Crippen molar-refractivity contribution in [3.63, 3.8) is 0 Å². The number of benzene rings is 2.